The van der Waals surface area contributed by atoms with Crippen molar-refractivity contribution >= 4 is 17.7 Å². The number of nitrogens with zero attached hydrogens (tertiary/aromatic N) is 1. The first kappa shape index (κ1) is 12.6. The quantitative estimate of drug-likeness (QED) is 0.857. The van der Waals surface area contributed by atoms with E-state index in [1.54, 1.807) is 24.2 Å². The number of pyridine rings is 1. The molecule has 0 unspecified atom stereocenters. The van der Waals surface area contributed by atoms with Crippen LogP contribution >= 0.6 is 11.8 Å². The van der Waals surface area contributed by atoms with Gasteiger partial charge in [0.1, 0.15) is 0 Å². The summed E-state index contributed by atoms with van der Waals surface area (Å²) in [6.07, 6.45) is 5.47. The third kappa shape index (κ3) is 3.34. The van der Waals surface area contributed by atoms with Gasteiger partial charge in [-0.2, -0.15) is 0 Å². The lowest BCUT2D eigenvalue weighted by Gasteiger charge is -2.05. The summed E-state index contributed by atoms with van der Waals surface area (Å²) in [5.74, 6) is -0.0634. The Balaban J connectivity index is 1.95. The van der Waals surface area contributed by atoms with Crippen LogP contribution in [0.4, 0.5) is 0 Å². The molecule has 1 heterocycles. The van der Waals surface area contributed by atoms with Crippen LogP contribution in [0.1, 0.15) is 15.9 Å². The van der Waals surface area contributed by atoms with Crippen LogP contribution in [0.5, 0.6) is 0 Å². The van der Waals surface area contributed by atoms with E-state index < -0.39 is 0 Å². The maximum Gasteiger partial charge on any atom is 0.251 e. The average molecular weight is 258 g/mol. The number of aromatic nitrogens is 1. The van der Waals surface area contributed by atoms with Crippen molar-refractivity contribution in [2.45, 2.75) is 11.4 Å². The molecule has 4 heteroatoms. The Morgan fingerprint density at radius 1 is 1.28 bits per heavy atom. The van der Waals surface area contributed by atoms with Crippen LogP contribution < -0.4 is 5.32 Å². The monoisotopic (exact) mass is 258 g/mol. The predicted octanol–water partition coefficient (Wildman–Crippen LogP) is 2.73. The number of rotatable bonds is 4. The van der Waals surface area contributed by atoms with Gasteiger partial charge in [0.2, 0.25) is 0 Å². The van der Waals surface area contributed by atoms with Crippen molar-refractivity contribution in [3.63, 3.8) is 0 Å². The van der Waals surface area contributed by atoms with Crippen molar-refractivity contribution in [1.82, 2.24) is 10.3 Å². The van der Waals surface area contributed by atoms with Gasteiger partial charge in [-0.15, -0.1) is 11.8 Å². The molecule has 0 fully saturated rings. The van der Waals surface area contributed by atoms with E-state index in [0.717, 1.165) is 10.5 Å². The Kier molecular flexibility index (Phi) is 4.36. The lowest BCUT2D eigenvalue weighted by atomic mass is 10.2. The highest BCUT2D eigenvalue weighted by molar-refractivity contribution is 7.98. The highest BCUT2D eigenvalue weighted by atomic mass is 32.2. The first-order valence-corrected chi connectivity index (χ1v) is 6.83. The van der Waals surface area contributed by atoms with Crippen LogP contribution in [0.2, 0.25) is 0 Å². The summed E-state index contributed by atoms with van der Waals surface area (Å²) in [4.78, 5) is 17.0. The molecule has 1 aromatic heterocycles. The third-order valence-electron chi connectivity index (χ3n) is 2.53. The van der Waals surface area contributed by atoms with Crippen molar-refractivity contribution in [2.75, 3.05) is 6.26 Å². The molecule has 0 saturated heterocycles. The van der Waals surface area contributed by atoms with Gasteiger partial charge in [-0.25, -0.2) is 0 Å². The van der Waals surface area contributed by atoms with E-state index in [9.17, 15) is 4.79 Å². The molecule has 1 N–H and O–H groups in total. The zero-order chi connectivity index (χ0) is 12.8. The fraction of sp³-hybridized carbons (Fsp3) is 0.143. The van der Waals surface area contributed by atoms with E-state index in [4.69, 9.17) is 0 Å². The summed E-state index contributed by atoms with van der Waals surface area (Å²) in [7, 11) is 0. The van der Waals surface area contributed by atoms with Gasteiger partial charge in [-0.05, 0) is 42.2 Å². The van der Waals surface area contributed by atoms with Gasteiger partial charge < -0.3 is 5.32 Å². The molecule has 0 radical (unpaired) electrons. The van der Waals surface area contributed by atoms with Crippen molar-refractivity contribution in [3.8, 4) is 0 Å². The molecule has 1 aromatic carbocycles. The van der Waals surface area contributed by atoms with E-state index in [-0.39, 0.29) is 5.91 Å². The molecule has 0 spiro atoms. The van der Waals surface area contributed by atoms with Crippen LogP contribution in [0.3, 0.4) is 0 Å². The number of hydrogen-bond acceptors (Lipinski definition) is 3. The zero-order valence-corrected chi connectivity index (χ0v) is 10.9. The SMILES string of the molecule is CSc1ccc(C(=O)NCc2cccnc2)cc1. The molecular formula is C14H14N2OS. The molecule has 18 heavy (non-hydrogen) atoms. The molecule has 2 rings (SSSR count). The smallest absolute Gasteiger partial charge is 0.251 e. The van der Waals surface area contributed by atoms with Crippen LogP contribution in [-0.2, 0) is 6.54 Å². The number of carbonyl (C=O) groups excluding carboxylic acids is 1. The lowest BCUT2D eigenvalue weighted by molar-refractivity contribution is 0.0951. The molecule has 0 atom stereocenters. The Hall–Kier alpha value is -1.81. The third-order valence-corrected chi connectivity index (χ3v) is 3.27. The maximum absolute atomic E-state index is 11.9. The van der Waals surface area contributed by atoms with E-state index in [1.165, 1.54) is 0 Å². The number of thioether (sulfide) groups is 1. The molecule has 1 amide bonds. The molecule has 0 aliphatic heterocycles. The standard InChI is InChI=1S/C14H14N2OS/c1-18-13-6-4-12(5-7-13)14(17)16-10-11-3-2-8-15-9-11/h2-9H,10H2,1H3,(H,16,17). The van der Waals surface area contributed by atoms with Crippen LogP contribution in [-0.4, -0.2) is 17.1 Å². The summed E-state index contributed by atoms with van der Waals surface area (Å²) in [5.41, 5.74) is 1.67. The van der Waals surface area contributed by atoms with E-state index in [1.807, 2.05) is 42.7 Å². The number of hydrogen-bond donors (Lipinski definition) is 1. The maximum atomic E-state index is 11.9. The second-order valence-electron chi connectivity index (χ2n) is 3.77. The highest BCUT2D eigenvalue weighted by Gasteiger charge is 2.04. The minimum Gasteiger partial charge on any atom is -0.348 e. The molecule has 92 valence electrons. The van der Waals surface area contributed by atoms with Gasteiger partial charge in [0.05, 0.1) is 0 Å². The molecule has 0 aliphatic carbocycles. The van der Waals surface area contributed by atoms with E-state index in [0.29, 0.717) is 12.1 Å². The summed E-state index contributed by atoms with van der Waals surface area (Å²) < 4.78 is 0. The number of nitrogens with one attached hydrogen (secondary N) is 1. The Labute approximate surface area is 111 Å². The van der Waals surface area contributed by atoms with E-state index >= 15 is 0 Å². The van der Waals surface area contributed by atoms with Crippen LogP contribution in [0, 0.1) is 0 Å². The zero-order valence-electron chi connectivity index (χ0n) is 10.1. The van der Waals surface area contributed by atoms with Gasteiger partial charge >= 0.3 is 0 Å². The van der Waals surface area contributed by atoms with Gasteiger partial charge in [0.15, 0.2) is 0 Å². The van der Waals surface area contributed by atoms with Crippen LogP contribution in [0.25, 0.3) is 0 Å². The predicted molar refractivity (Wildman–Crippen MR) is 73.6 cm³/mol. The van der Waals surface area contributed by atoms with Crippen molar-refractivity contribution in [2.24, 2.45) is 0 Å². The summed E-state index contributed by atoms with van der Waals surface area (Å²) in [5, 5.41) is 2.87. The fourth-order valence-electron chi connectivity index (χ4n) is 1.53. The summed E-state index contributed by atoms with van der Waals surface area (Å²) in [6, 6.07) is 11.4. The Morgan fingerprint density at radius 2 is 2.06 bits per heavy atom. The summed E-state index contributed by atoms with van der Waals surface area (Å²) in [6.45, 7) is 0.497. The lowest BCUT2D eigenvalue weighted by Crippen LogP contribution is -2.22. The first-order chi connectivity index (χ1) is 8.79. The number of benzene rings is 1. The second kappa shape index (κ2) is 6.21. The van der Waals surface area contributed by atoms with Crippen molar-refractivity contribution in [3.05, 3.63) is 59.9 Å². The fourth-order valence-corrected chi connectivity index (χ4v) is 1.94. The highest BCUT2D eigenvalue weighted by Crippen LogP contribution is 2.14. The largest absolute Gasteiger partial charge is 0.348 e. The minimum atomic E-state index is -0.0634. The van der Waals surface area contributed by atoms with E-state index in [2.05, 4.69) is 10.3 Å². The average Bonchev–Trinajstić information content (AvgIpc) is 2.46. The second-order valence-corrected chi connectivity index (χ2v) is 4.65. The van der Waals surface area contributed by atoms with Crippen LogP contribution in [0.15, 0.2) is 53.7 Å². The van der Waals surface area contributed by atoms with Gasteiger partial charge in [0, 0.05) is 29.4 Å². The van der Waals surface area contributed by atoms with Gasteiger partial charge in [0.25, 0.3) is 5.91 Å². The topological polar surface area (TPSA) is 42.0 Å². The van der Waals surface area contributed by atoms with Crippen molar-refractivity contribution in [1.29, 1.82) is 0 Å². The summed E-state index contributed by atoms with van der Waals surface area (Å²) >= 11 is 1.66. The number of amides is 1. The Bertz CT molecular complexity index is 511. The van der Waals surface area contributed by atoms with Gasteiger partial charge in [-0.3, -0.25) is 9.78 Å². The number of carbonyl (C=O) groups is 1. The molecule has 3 nitrogen and oxygen atoms in total. The molecule has 0 saturated carbocycles. The molecular weight excluding hydrogens is 244 g/mol. The first-order valence-electron chi connectivity index (χ1n) is 5.61. The minimum absolute atomic E-state index is 0.0634. The molecule has 0 bridgehead atoms. The molecule has 0 aliphatic rings. The Morgan fingerprint density at radius 3 is 2.67 bits per heavy atom. The molecule has 2 aromatic rings. The van der Waals surface area contributed by atoms with Gasteiger partial charge in [-0.1, -0.05) is 6.07 Å². The normalized spacial score (nSPS) is 10.1. The van der Waals surface area contributed by atoms with Crippen molar-refractivity contribution < 1.29 is 4.79 Å².